The molecule has 156 valence electrons. The molecule has 1 aromatic rings. The summed E-state index contributed by atoms with van der Waals surface area (Å²) >= 11 is 0. The van der Waals surface area contributed by atoms with Crippen molar-refractivity contribution in [2.45, 2.75) is 38.8 Å². The Bertz CT molecular complexity index is 669. The number of benzene rings is 1. The largest absolute Gasteiger partial charge is 0.481 e. The Morgan fingerprint density at radius 3 is 2.21 bits per heavy atom. The van der Waals surface area contributed by atoms with Crippen LogP contribution in [0.3, 0.4) is 0 Å². The number of para-hydroxylation sites is 1. The molecule has 0 heterocycles. The highest BCUT2D eigenvalue weighted by molar-refractivity contribution is 5.97. The molecule has 0 radical (unpaired) electrons. The molecule has 0 aliphatic rings. The summed E-state index contributed by atoms with van der Waals surface area (Å²) in [5.74, 6) is -2.96. The average molecular weight is 415 g/mol. The number of carboxylic acids is 1. The Morgan fingerprint density at radius 1 is 1.07 bits per heavy atom. The lowest BCUT2D eigenvalue weighted by molar-refractivity contribution is -0.140. The molecule has 3 amide bonds. The van der Waals surface area contributed by atoms with Gasteiger partial charge in [-0.2, -0.15) is 0 Å². The first-order chi connectivity index (χ1) is 12.7. The molecule has 0 spiro atoms. The van der Waals surface area contributed by atoms with Gasteiger partial charge in [0.05, 0.1) is 19.0 Å². The molecule has 0 unspecified atom stereocenters. The summed E-state index contributed by atoms with van der Waals surface area (Å²) in [6, 6.07) is 6.47. The number of hydrogen-bond donors (Lipinski definition) is 5. The van der Waals surface area contributed by atoms with Crippen molar-refractivity contribution in [1.82, 2.24) is 10.6 Å². The van der Waals surface area contributed by atoms with Crippen LogP contribution in [0.5, 0.6) is 0 Å². The molecule has 9 nitrogen and oxygen atoms in total. The molecule has 0 saturated carbocycles. The zero-order chi connectivity index (χ0) is 20.4. The third-order valence-corrected chi connectivity index (χ3v) is 3.55. The van der Waals surface area contributed by atoms with Gasteiger partial charge in [0.15, 0.2) is 0 Å². The fourth-order valence-corrected chi connectivity index (χ4v) is 2.29. The van der Waals surface area contributed by atoms with E-state index in [1.165, 1.54) is 0 Å². The van der Waals surface area contributed by atoms with E-state index >= 15 is 0 Å². The summed E-state index contributed by atoms with van der Waals surface area (Å²) in [5.41, 5.74) is 6.31. The van der Waals surface area contributed by atoms with Crippen LogP contribution in [0.4, 0.5) is 5.69 Å². The van der Waals surface area contributed by atoms with E-state index < -0.39 is 42.2 Å². The topological polar surface area (TPSA) is 151 Å². The average Bonchev–Trinajstić information content (AvgIpc) is 2.58. The number of nitrogens with one attached hydrogen (secondary N) is 3. The number of aliphatic carboxylic acids is 1. The van der Waals surface area contributed by atoms with Crippen LogP contribution < -0.4 is 21.7 Å². The quantitative estimate of drug-likeness (QED) is 0.376. The van der Waals surface area contributed by atoms with Gasteiger partial charge in [-0.15, -0.1) is 12.4 Å². The fourth-order valence-electron chi connectivity index (χ4n) is 2.29. The summed E-state index contributed by atoms with van der Waals surface area (Å²) in [4.78, 5) is 47.1. The lowest BCUT2D eigenvalue weighted by Crippen LogP contribution is -2.53. The van der Waals surface area contributed by atoms with E-state index in [1.807, 2.05) is 13.8 Å². The van der Waals surface area contributed by atoms with Crippen molar-refractivity contribution in [1.29, 1.82) is 0 Å². The zero-order valence-electron chi connectivity index (χ0n) is 15.8. The number of halogens is 1. The van der Waals surface area contributed by atoms with Crippen LogP contribution in [0.15, 0.2) is 30.3 Å². The van der Waals surface area contributed by atoms with Crippen LogP contribution >= 0.6 is 12.4 Å². The van der Waals surface area contributed by atoms with Gasteiger partial charge in [-0.05, 0) is 24.5 Å². The van der Waals surface area contributed by atoms with Gasteiger partial charge < -0.3 is 26.8 Å². The van der Waals surface area contributed by atoms with Gasteiger partial charge in [-0.3, -0.25) is 19.2 Å². The van der Waals surface area contributed by atoms with Crippen LogP contribution in [-0.2, 0) is 19.2 Å². The second kappa shape index (κ2) is 12.7. The Balaban J connectivity index is 0.00000729. The second-order valence-corrected chi connectivity index (χ2v) is 6.53. The minimum atomic E-state index is -1.32. The number of carbonyl (C=O) groups excluding carboxylic acids is 3. The number of amides is 3. The van der Waals surface area contributed by atoms with Crippen LogP contribution in [0, 0.1) is 5.92 Å². The van der Waals surface area contributed by atoms with Crippen molar-refractivity contribution < 1.29 is 24.3 Å². The van der Waals surface area contributed by atoms with Gasteiger partial charge in [0.2, 0.25) is 17.7 Å². The number of nitrogens with two attached hydrogens (primary N) is 1. The number of carbonyl (C=O) groups is 4. The summed E-state index contributed by atoms with van der Waals surface area (Å²) in [6.07, 6.45) is -0.223. The molecule has 0 aromatic heterocycles. The van der Waals surface area contributed by atoms with Crippen molar-refractivity contribution in [2.24, 2.45) is 11.7 Å². The van der Waals surface area contributed by atoms with Crippen molar-refractivity contribution >= 4 is 41.8 Å². The normalized spacial score (nSPS) is 12.3. The van der Waals surface area contributed by atoms with Crippen LogP contribution in [0.25, 0.3) is 0 Å². The third-order valence-electron chi connectivity index (χ3n) is 3.55. The molecular formula is C18H27ClN4O5. The smallest absolute Gasteiger partial charge is 0.305 e. The first-order valence-electron chi connectivity index (χ1n) is 8.59. The standard InChI is InChI=1S/C18H26N4O5.ClH/c1-11(2)8-13(19)17(26)22-14(9-16(24)25)18(27)20-10-15(23)21-12-6-4-3-5-7-12;/h3-7,11,13-14H,8-10,19H2,1-2H3,(H,20,27)(H,21,23)(H,22,26)(H,24,25);1H/t13-,14-;/m0./s1. The van der Waals surface area contributed by atoms with E-state index in [1.54, 1.807) is 30.3 Å². The van der Waals surface area contributed by atoms with Crippen LogP contribution in [0.1, 0.15) is 26.7 Å². The third kappa shape index (κ3) is 9.89. The maximum Gasteiger partial charge on any atom is 0.305 e. The molecule has 10 heteroatoms. The maximum absolute atomic E-state index is 12.2. The van der Waals surface area contributed by atoms with Crippen molar-refractivity contribution in [2.75, 3.05) is 11.9 Å². The Hall–Kier alpha value is -2.65. The first-order valence-corrected chi connectivity index (χ1v) is 8.59. The van der Waals surface area contributed by atoms with Crippen LogP contribution in [-0.4, -0.2) is 47.4 Å². The van der Waals surface area contributed by atoms with Gasteiger partial charge in [-0.1, -0.05) is 32.0 Å². The second-order valence-electron chi connectivity index (χ2n) is 6.53. The van der Waals surface area contributed by atoms with Gasteiger partial charge in [0, 0.05) is 5.69 Å². The Labute approximate surface area is 169 Å². The van der Waals surface area contributed by atoms with E-state index in [9.17, 15) is 19.2 Å². The Morgan fingerprint density at radius 2 is 1.68 bits per heavy atom. The van der Waals surface area contributed by atoms with Gasteiger partial charge in [-0.25, -0.2) is 0 Å². The molecule has 6 N–H and O–H groups in total. The zero-order valence-corrected chi connectivity index (χ0v) is 16.6. The van der Waals surface area contributed by atoms with Gasteiger partial charge in [0.1, 0.15) is 6.04 Å². The summed E-state index contributed by atoms with van der Waals surface area (Å²) in [7, 11) is 0. The Kier molecular flexibility index (Phi) is 11.5. The first kappa shape index (κ1) is 25.4. The van der Waals surface area contributed by atoms with Gasteiger partial charge in [0.25, 0.3) is 0 Å². The van der Waals surface area contributed by atoms with Crippen molar-refractivity contribution in [3.05, 3.63) is 30.3 Å². The summed E-state index contributed by atoms with van der Waals surface area (Å²) in [5, 5.41) is 16.2. The molecule has 0 fully saturated rings. The van der Waals surface area contributed by atoms with Gasteiger partial charge >= 0.3 is 5.97 Å². The molecule has 1 rings (SSSR count). The fraction of sp³-hybridized carbons (Fsp3) is 0.444. The van der Waals surface area contributed by atoms with E-state index in [-0.39, 0.29) is 24.9 Å². The summed E-state index contributed by atoms with van der Waals surface area (Å²) in [6.45, 7) is 3.41. The van der Waals surface area contributed by atoms with E-state index in [2.05, 4.69) is 16.0 Å². The number of hydrogen-bond acceptors (Lipinski definition) is 5. The molecule has 0 aliphatic heterocycles. The number of rotatable bonds is 10. The van der Waals surface area contributed by atoms with E-state index in [0.717, 1.165) is 0 Å². The number of carboxylic acid groups (broad SMARTS) is 1. The maximum atomic E-state index is 12.2. The van der Waals surface area contributed by atoms with Crippen molar-refractivity contribution in [3.8, 4) is 0 Å². The lowest BCUT2D eigenvalue weighted by Gasteiger charge is -2.20. The molecule has 28 heavy (non-hydrogen) atoms. The molecule has 0 bridgehead atoms. The lowest BCUT2D eigenvalue weighted by atomic mass is 10.0. The van der Waals surface area contributed by atoms with Crippen molar-refractivity contribution in [3.63, 3.8) is 0 Å². The minimum absolute atomic E-state index is 0. The minimum Gasteiger partial charge on any atom is -0.481 e. The molecular weight excluding hydrogens is 388 g/mol. The molecule has 0 saturated heterocycles. The highest BCUT2D eigenvalue weighted by Crippen LogP contribution is 2.05. The number of anilines is 1. The predicted molar refractivity (Wildman–Crippen MR) is 107 cm³/mol. The molecule has 2 atom stereocenters. The monoisotopic (exact) mass is 414 g/mol. The summed E-state index contributed by atoms with van der Waals surface area (Å²) < 4.78 is 0. The SMILES string of the molecule is CC(C)C[C@H](N)C(=O)N[C@@H](CC(=O)O)C(=O)NCC(=O)Nc1ccccc1.Cl. The van der Waals surface area contributed by atoms with E-state index in [4.69, 9.17) is 10.8 Å². The molecule has 0 aliphatic carbocycles. The highest BCUT2D eigenvalue weighted by Gasteiger charge is 2.26. The molecule has 1 aromatic carbocycles. The predicted octanol–water partition coefficient (Wildman–Crippen LogP) is 0.496. The van der Waals surface area contributed by atoms with E-state index in [0.29, 0.717) is 12.1 Å². The van der Waals surface area contributed by atoms with Crippen LogP contribution in [0.2, 0.25) is 0 Å². The highest BCUT2D eigenvalue weighted by atomic mass is 35.5.